The molecule has 29 heavy (non-hydrogen) atoms. The number of hydrogen-bond acceptors (Lipinski definition) is 4. The molecule has 6 aliphatic rings. The van der Waals surface area contributed by atoms with E-state index in [1.807, 2.05) is 0 Å². The van der Waals surface area contributed by atoms with E-state index in [2.05, 4.69) is 26.8 Å². The van der Waals surface area contributed by atoms with Gasteiger partial charge in [0.15, 0.2) is 0 Å². The van der Waals surface area contributed by atoms with Crippen molar-refractivity contribution in [1.29, 1.82) is 0 Å². The van der Waals surface area contributed by atoms with Crippen molar-refractivity contribution in [3.05, 3.63) is 11.6 Å². The summed E-state index contributed by atoms with van der Waals surface area (Å²) < 4.78 is 18.8. The molecular formula is C25H39NO3. The van der Waals surface area contributed by atoms with Crippen molar-refractivity contribution in [2.45, 2.75) is 90.3 Å². The maximum absolute atomic E-state index is 6.57. The lowest BCUT2D eigenvalue weighted by Gasteiger charge is -2.58. The average Bonchev–Trinajstić information content (AvgIpc) is 3.18. The minimum absolute atomic E-state index is 0.315. The molecule has 162 valence electrons. The highest BCUT2D eigenvalue weighted by molar-refractivity contribution is 5.26. The lowest BCUT2D eigenvalue weighted by molar-refractivity contribution is -0.398. The fourth-order valence-corrected chi connectivity index (χ4v) is 8.64. The normalized spacial score (nSPS) is 58.9. The summed E-state index contributed by atoms with van der Waals surface area (Å²) in [7, 11) is 0. The molecule has 4 aliphatic carbocycles. The third-order valence-corrected chi connectivity index (χ3v) is 10.3. The SMILES string of the molecule is CC1COC2(C[C@H]3[C@H](C[C@H]4[C@@H]5CC=C6C[C@@H](N)CC[C@]6(C)[C@H]5CC[C@@]43C)O2)OC1. The summed E-state index contributed by atoms with van der Waals surface area (Å²) in [4.78, 5) is 0. The zero-order valence-corrected chi connectivity index (χ0v) is 18.5. The second-order valence-corrected chi connectivity index (χ2v) is 11.9. The van der Waals surface area contributed by atoms with Crippen molar-refractivity contribution >= 4 is 0 Å². The average molecular weight is 402 g/mol. The molecule has 0 unspecified atom stereocenters. The Bertz CT molecular complexity index is 713. The van der Waals surface area contributed by atoms with Gasteiger partial charge in [0, 0.05) is 18.4 Å². The van der Waals surface area contributed by atoms with Crippen LogP contribution in [0.2, 0.25) is 0 Å². The topological polar surface area (TPSA) is 53.7 Å². The third-order valence-electron chi connectivity index (χ3n) is 10.3. The van der Waals surface area contributed by atoms with Gasteiger partial charge in [0.2, 0.25) is 0 Å². The molecule has 2 heterocycles. The van der Waals surface area contributed by atoms with E-state index >= 15 is 0 Å². The lowest BCUT2D eigenvalue weighted by Crippen LogP contribution is -2.51. The van der Waals surface area contributed by atoms with E-state index in [-0.39, 0.29) is 0 Å². The largest absolute Gasteiger partial charge is 0.327 e. The number of ether oxygens (including phenoxy) is 3. The van der Waals surface area contributed by atoms with Crippen LogP contribution in [0.4, 0.5) is 0 Å². The van der Waals surface area contributed by atoms with E-state index in [1.165, 1.54) is 38.5 Å². The van der Waals surface area contributed by atoms with E-state index in [4.69, 9.17) is 19.9 Å². The predicted molar refractivity (Wildman–Crippen MR) is 112 cm³/mol. The fourth-order valence-electron chi connectivity index (χ4n) is 8.64. The Kier molecular flexibility index (Phi) is 4.19. The first-order valence-corrected chi connectivity index (χ1v) is 12.2. The molecule has 2 N–H and O–H groups in total. The van der Waals surface area contributed by atoms with Gasteiger partial charge in [-0.2, -0.15) is 0 Å². The third kappa shape index (κ3) is 2.65. The molecule has 0 aromatic heterocycles. The van der Waals surface area contributed by atoms with E-state index in [0.29, 0.717) is 34.8 Å². The van der Waals surface area contributed by atoms with Gasteiger partial charge in [-0.3, -0.25) is 0 Å². The molecule has 6 rings (SSSR count). The zero-order chi connectivity index (χ0) is 20.0. The van der Waals surface area contributed by atoms with E-state index in [9.17, 15) is 0 Å². The summed E-state index contributed by atoms with van der Waals surface area (Å²) >= 11 is 0. The summed E-state index contributed by atoms with van der Waals surface area (Å²) in [6, 6.07) is 0.383. The van der Waals surface area contributed by atoms with Crippen LogP contribution in [-0.4, -0.2) is 31.3 Å². The second kappa shape index (κ2) is 6.31. The molecule has 2 saturated heterocycles. The number of nitrogens with two attached hydrogens (primary N) is 1. The van der Waals surface area contributed by atoms with Crippen molar-refractivity contribution in [3.8, 4) is 0 Å². The van der Waals surface area contributed by atoms with Crippen LogP contribution in [0.15, 0.2) is 11.6 Å². The van der Waals surface area contributed by atoms with E-state index < -0.39 is 5.97 Å². The lowest BCUT2D eigenvalue weighted by atomic mass is 9.47. The van der Waals surface area contributed by atoms with E-state index in [0.717, 1.165) is 43.8 Å². The summed E-state index contributed by atoms with van der Waals surface area (Å²) in [6.45, 7) is 8.85. The Morgan fingerprint density at radius 2 is 1.83 bits per heavy atom. The van der Waals surface area contributed by atoms with Crippen LogP contribution in [0.5, 0.6) is 0 Å². The maximum Gasteiger partial charge on any atom is 0.283 e. The molecule has 1 spiro atoms. The maximum atomic E-state index is 6.57. The van der Waals surface area contributed by atoms with Gasteiger partial charge in [-0.15, -0.1) is 0 Å². The molecular weight excluding hydrogens is 362 g/mol. The number of allylic oxidation sites excluding steroid dienone is 1. The molecule has 0 aromatic rings. The molecule has 0 aromatic carbocycles. The molecule has 8 atom stereocenters. The zero-order valence-electron chi connectivity index (χ0n) is 18.5. The van der Waals surface area contributed by atoms with Gasteiger partial charge in [0.05, 0.1) is 19.3 Å². The molecule has 0 radical (unpaired) electrons. The van der Waals surface area contributed by atoms with Crippen molar-refractivity contribution < 1.29 is 14.2 Å². The molecule has 3 saturated carbocycles. The highest BCUT2D eigenvalue weighted by Crippen LogP contribution is 2.69. The summed E-state index contributed by atoms with van der Waals surface area (Å²) in [5, 5.41) is 0. The van der Waals surface area contributed by atoms with Crippen LogP contribution >= 0.6 is 0 Å². The standard InChI is InChI=1S/C25H39NO3/c1-15-13-27-25(28-14-15)12-21-22(29-25)11-20-18-5-4-16-10-17(26)6-8-23(16,2)19(18)7-9-24(20,21)3/h4,15,17-22H,5-14,26H2,1-3H3/t15?,17-,18+,19-,20-,21-,22-,23-,24-,25?/m0/s1. The summed E-state index contributed by atoms with van der Waals surface area (Å²) in [6.07, 6.45) is 12.6. The van der Waals surface area contributed by atoms with Gasteiger partial charge in [-0.05, 0) is 79.4 Å². The molecule has 0 amide bonds. The minimum atomic E-state index is -0.738. The monoisotopic (exact) mass is 401 g/mol. The van der Waals surface area contributed by atoms with Gasteiger partial charge in [-0.25, -0.2) is 0 Å². The molecule has 5 fully saturated rings. The first-order valence-electron chi connectivity index (χ1n) is 12.2. The van der Waals surface area contributed by atoms with E-state index in [1.54, 1.807) is 5.57 Å². The second-order valence-electron chi connectivity index (χ2n) is 11.9. The van der Waals surface area contributed by atoms with Gasteiger partial charge in [0.1, 0.15) is 0 Å². The summed E-state index contributed by atoms with van der Waals surface area (Å²) in [5.74, 6) is 2.74. The number of hydrogen-bond donors (Lipinski definition) is 1. The molecule has 4 nitrogen and oxygen atoms in total. The molecule has 4 heteroatoms. The van der Waals surface area contributed by atoms with Crippen LogP contribution in [-0.2, 0) is 14.2 Å². The Morgan fingerprint density at radius 1 is 1.03 bits per heavy atom. The fraction of sp³-hybridized carbons (Fsp3) is 0.920. The first-order chi connectivity index (χ1) is 13.8. The van der Waals surface area contributed by atoms with Crippen LogP contribution in [0, 0.1) is 40.4 Å². The predicted octanol–water partition coefficient (Wildman–Crippen LogP) is 4.63. The quantitative estimate of drug-likeness (QED) is 0.602. The van der Waals surface area contributed by atoms with Crippen LogP contribution < -0.4 is 5.73 Å². The van der Waals surface area contributed by atoms with Crippen LogP contribution in [0.3, 0.4) is 0 Å². The number of fused-ring (bicyclic) bond motifs is 7. The minimum Gasteiger partial charge on any atom is -0.327 e. The Labute approximate surface area is 175 Å². The highest BCUT2D eigenvalue weighted by Gasteiger charge is 2.66. The van der Waals surface area contributed by atoms with Crippen LogP contribution in [0.25, 0.3) is 0 Å². The van der Waals surface area contributed by atoms with Crippen molar-refractivity contribution in [1.82, 2.24) is 0 Å². The van der Waals surface area contributed by atoms with Gasteiger partial charge >= 0.3 is 0 Å². The van der Waals surface area contributed by atoms with Gasteiger partial charge in [-0.1, -0.05) is 32.4 Å². The molecule has 2 aliphatic heterocycles. The van der Waals surface area contributed by atoms with Crippen molar-refractivity contribution in [2.24, 2.45) is 46.2 Å². The Balaban J connectivity index is 1.25. The smallest absolute Gasteiger partial charge is 0.283 e. The first kappa shape index (κ1) is 19.3. The summed E-state index contributed by atoms with van der Waals surface area (Å²) in [5.41, 5.74) is 8.79. The Morgan fingerprint density at radius 3 is 2.62 bits per heavy atom. The van der Waals surface area contributed by atoms with Gasteiger partial charge < -0.3 is 19.9 Å². The van der Waals surface area contributed by atoms with Crippen molar-refractivity contribution in [2.75, 3.05) is 13.2 Å². The number of rotatable bonds is 0. The highest BCUT2D eigenvalue weighted by atomic mass is 16.9. The Hall–Kier alpha value is -0.420. The van der Waals surface area contributed by atoms with Crippen LogP contribution in [0.1, 0.15) is 72.1 Å². The van der Waals surface area contributed by atoms with Crippen molar-refractivity contribution in [3.63, 3.8) is 0 Å². The molecule has 0 bridgehead atoms. The van der Waals surface area contributed by atoms with Gasteiger partial charge in [0.25, 0.3) is 5.97 Å².